The smallest absolute Gasteiger partial charge is 0.345 e. The number of carbonyl (C=O) groups excluding carboxylic acids is 3. The van der Waals surface area contributed by atoms with Crippen LogP contribution in [0.4, 0.5) is 23.4 Å². The normalized spacial score (nSPS) is 23.5. The Morgan fingerprint density at radius 1 is 0.544 bits per heavy atom. The van der Waals surface area contributed by atoms with Gasteiger partial charge in [0, 0.05) is 45.3 Å². The number of ether oxygens (including phenoxy) is 4. The van der Waals surface area contributed by atoms with Crippen molar-refractivity contribution < 1.29 is 69.7 Å². The van der Waals surface area contributed by atoms with Crippen LogP contribution < -0.4 is 50.6 Å². The summed E-state index contributed by atoms with van der Waals surface area (Å²) in [5, 5.41) is 5.22. The molecule has 13 atom stereocenters. The van der Waals surface area contributed by atoms with Crippen LogP contribution in [0.2, 0.25) is 0 Å². The van der Waals surface area contributed by atoms with Gasteiger partial charge in [0.2, 0.25) is 23.7 Å². The van der Waals surface area contributed by atoms with E-state index in [1.54, 1.807) is 83.8 Å². The Labute approximate surface area is 652 Å². The summed E-state index contributed by atoms with van der Waals surface area (Å²) in [5.74, 6) is -1.90. The standard InChI is InChI=1S/C61H97N33O16P4/c1-35(2)111(99,83(4)5)103-24-38-17-88(21-44(108-38)91-31-76-47-51(62)70-28-73-54(47)91)113(101,85(8)9)105-26-40-19-90(23-46(110-40)93-33-78-49-53(64)72-30-75-56(49)93)114(102,86(10)11)106-27-39-18-89(22-45(109-39)92-32-77-48-52(63)71-29-74-55(48)92)112(100,84(6)7)104-25-37-16-87(20-43(107-37)94-34-79-50-57(94)81-61(67)82-59(50)98)42(96)15-69-58(97)41(80-36(3)95)13-12-14-68-60(65)66/h28-35,37-41,43-46H,12-27H2,1-11H3,(H,69,97)(H,80,95)(H2,62,70,73)(H2,63,71,74)(H2,64,72,75)(H4,65,66,68)(H3,67,81,82,98)/t37-,38-,39-,40-,41-,43+,44+,45+,46+,111?,112?,113?,114?/m0/s1. The van der Waals surface area contributed by atoms with Gasteiger partial charge in [-0.15, -0.1) is 0 Å². The highest BCUT2D eigenvalue weighted by Crippen LogP contribution is 2.60. The highest BCUT2D eigenvalue weighted by molar-refractivity contribution is 7.57. The van der Waals surface area contributed by atoms with E-state index < -0.39 is 141 Å². The van der Waals surface area contributed by atoms with Gasteiger partial charge in [-0.25, -0.2) is 82.5 Å². The Balaban J connectivity index is 0.822. The van der Waals surface area contributed by atoms with E-state index in [1.807, 2.05) is 0 Å². The molecule has 4 unspecified atom stereocenters. The third kappa shape index (κ3) is 17.9. The van der Waals surface area contributed by atoms with Crippen LogP contribution in [0.1, 0.15) is 58.5 Å². The van der Waals surface area contributed by atoms with Crippen molar-refractivity contribution in [1.29, 1.82) is 0 Å². The summed E-state index contributed by atoms with van der Waals surface area (Å²) >= 11 is 0. The zero-order valence-electron chi connectivity index (χ0n) is 64.6. The average molecular weight is 1670 g/mol. The van der Waals surface area contributed by atoms with Gasteiger partial charge in [0.15, 0.2) is 57.7 Å². The molecule has 15 N–H and O–H groups in total. The van der Waals surface area contributed by atoms with Crippen molar-refractivity contribution in [2.45, 2.75) is 94.6 Å². The largest absolute Gasteiger partial charge is 0.382 e. The number of anilines is 4. The molecule has 3 amide bonds. The van der Waals surface area contributed by atoms with Crippen LogP contribution in [0.15, 0.2) is 54.1 Å². The first-order valence-corrected chi connectivity index (χ1v) is 42.3. The number of imidazole rings is 4. The topological polar surface area (TPSA) is 606 Å². The number of H-pyrrole nitrogens is 1. The number of hydrogen-bond donors (Lipinski definition) is 9. The SMILES string of the molecule is CC(=O)N[C@@H](CCCN=C(N)N)C(=O)NCC(=O)N1C[C@@H](COP(=O)(N(C)C)N2C[C@@H](COP(=O)(N(C)C)N3C[C@@H](COP(=O)(N(C)C)N4C[C@@H](COP(=O)(C(C)C)N(C)C)O[C@@H](n5cnc6c(N)ncnc65)C4)O[C@@H](n4cnc5c(N)ncnc54)C3)O[C@@H](n3cnc4c(N)ncnc43)C2)O[C@@H](n2cnc3c(=O)[nH]c(N)nc32)C1. The van der Waals surface area contributed by atoms with E-state index in [1.165, 1.54) is 93.5 Å². The number of aromatic amines is 1. The maximum Gasteiger partial charge on any atom is 0.345 e. The van der Waals surface area contributed by atoms with Gasteiger partial charge in [0.1, 0.15) is 66.4 Å². The van der Waals surface area contributed by atoms with Crippen LogP contribution >= 0.6 is 30.5 Å². The van der Waals surface area contributed by atoms with E-state index in [-0.39, 0.29) is 135 Å². The minimum absolute atomic E-state index is 0.0102. The Morgan fingerprint density at radius 3 is 1.32 bits per heavy atom. The molecule has 0 aliphatic carbocycles. The van der Waals surface area contributed by atoms with Gasteiger partial charge >= 0.3 is 23.0 Å². The summed E-state index contributed by atoms with van der Waals surface area (Å²) in [6.07, 6.45) is 1.44. The first-order valence-electron chi connectivity index (χ1n) is 36.1. The molecule has 0 radical (unpaired) electrons. The summed E-state index contributed by atoms with van der Waals surface area (Å²) in [4.78, 5) is 109. The van der Waals surface area contributed by atoms with Crippen LogP contribution in [0.3, 0.4) is 0 Å². The molecule has 53 heteroatoms. The Hall–Kier alpha value is -8.80. The van der Waals surface area contributed by atoms with Crippen LogP contribution in [-0.4, -0.2) is 324 Å². The van der Waals surface area contributed by atoms with Crippen LogP contribution in [0.5, 0.6) is 0 Å². The molecule has 4 aliphatic rings. The molecule has 49 nitrogen and oxygen atoms in total. The fraction of sp³-hybridized carbons (Fsp3) is 0.607. The molecule has 8 aromatic rings. The summed E-state index contributed by atoms with van der Waals surface area (Å²) in [6, 6.07) is -1.06. The Kier molecular flexibility index (Phi) is 25.9. The third-order valence-corrected chi connectivity index (χ3v) is 29.9. The monoisotopic (exact) mass is 1670 g/mol. The molecule has 0 saturated carbocycles. The lowest BCUT2D eigenvalue weighted by Crippen LogP contribution is -2.54. The van der Waals surface area contributed by atoms with E-state index in [2.05, 4.69) is 75.4 Å². The van der Waals surface area contributed by atoms with Crippen LogP contribution in [0, 0.1) is 0 Å². The van der Waals surface area contributed by atoms with Gasteiger partial charge < -0.3 is 87.0 Å². The molecular weight excluding hydrogens is 1570 g/mol. The number of rotatable bonds is 32. The number of nitrogen functional groups attached to an aromatic ring is 4. The van der Waals surface area contributed by atoms with Gasteiger partial charge in [-0.1, -0.05) is 13.8 Å². The third-order valence-electron chi connectivity index (χ3n) is 19.3. The summed E-state index contributed by atoms with van der Waals surface area (Å²) in [7, 11) is -3.62. The molecular formula is C61H97N33O16P4. The molecule has 12 heterocycles. The fourth-order valence-corrected chi connectivity index (χ4v) is 21.5. The molecule has 114 heavy (non-hydrogen) atoms. The second kappa shape index (κ2) is 34.9. The predicted molar refractivity (Wildman–Crippen MR) is 413 cm³/mol. The van der Waals surface area contributed by atoms with Crippen molar-refractivity contribution in [1.82, 2.24) is 126 Å². The highest BCUT2D eigenvalue weighted by Gasteiger charge is 2.50. The van der Waals surface area contributed by atoms with Crippen molar-refractivity contribution in [2.24, 2.45) is 16.5 Å². The minimum Gasteiger partial charge on any atom is -0.382 e. The number of nitrogens with zero attached hydrogens (tertiary/aromatic N) is 24. The van der Waals surface area contributed by atoms with Crippen molar-refractivity contribution in [3.05, 3.63) is 54.6 Å². The average Bonchev–Trinajstić information content (AvgIpc) is 1.35. The number of hydrogen-bond acceptors (Lipinski definition) is 32. The van der Waals surface area contributed by atoms with E-state index in [9.17, 15) is 23.7 Å². The second-order valence-electron chi connectivity index (χ2n) is 28.4. The van der Waals surface area contributed by atoms with Crippen LogP contribution in [-0.2, 0) is 69.7 Å². The number of nitrogens with one attached hydrogen (secondary N) is 3. The maximum absolute atomic E-state index is 16.4. The number of nitrogens with two attached hydrogens (primary N) is 6. The van der Waals surface area contributed by atoms with E-state index in [0.29, 0.717) is 17.6 Å². The number of carbonyl (C=O) groups is 3. The molecule has 0 spiro atoms. The first kappa shape index (κ1) is 84.6. The number of fused-ring (bicyclic) bond motifs is 4. The van der Waals surface area contributed by atoms with Gasteiger partial charge in [0.05, 0.1) is 103 Å². The summed E-state index contributed by atoms with van der Waals surface area (Å²) < 4.78 is 133. The van der Waals surface area contributed by atoms with Crippen LogP contribution in [0.25, 0.3) is 44.7 Å². The lowest BCUT2D eigenvalue weighted by atomic mass is 10.1. The first-order chi connectivity index (χ1) is 54.1. The van der Waals surface area contributed by atoms with Crippen molar-refractivity contribution >= 4 is 122 Å². The Bertz CT molecular complexity index is 5080. The lowest BCUT2D eigenvalue weighted by Gasteiger charge is -2.46. The molecule has 8 aromatic heterocycles. The molecule has 0 aromatic carbocycles. The van der Waals surface area contributed by atoms with Gasteiger partial charge in [0.25, 0.3) is 13.1 Å². The zero-order valence-corrected chi connectivity index (χ0v) is 68.2. The maximum atomic E-state index is 16.4. The predicted octanol–water partition coefficient (Wildman–Crippen LogP) is -0.795. The molecule has 12 rings (SSSR count). The molecule has 622 valence electrons. The summed E-state index contributed by atoms with van der Waals surface area (Å²) in [6.45, 7) is 1.65. The number of amides is 3. The van der Waals surface area contributed by atoms with Gasteiger partial charge in [-0.2, -0.15) is 4.98 Å². The van der Waals surface area contributed by atoms with Gasteiger partial charge in [-0.05, 0) is 69.2 Å². The second-order valence-corrected chi connectivity index (χ2v) is 39.4. The number of aromatic nitrogens is 16. The minimum atomic E-state index is -4.36. The molecule has 4 fully saturated rings. The lowest BCUT2D eigenvalue weighted by molar-refractivity contribution is -0.158. The fourth-order valence-electron chi connectivity index (χ4n) is 13.6. The zero-order chi connectivity index (χ0) is 82.0. The molecule has 0 bridgehead atoms. The van der Waals surface area contributed by atoms with E-state index in [4.69, 9.17) is 71.4 Å². The van der Waals surface area contributed by atoms with Crippen molar-refractivity contribution in [2.75, 3.05) is 171 Å². The summed E-state index contributed by atoms with van der Waals surface area (Å²) in [5.41, 5.74) is 36.4. The highest BCUT2D eigenvalue weighted by atomic mass is 31.2. The van der Waals surface area contributed by atoms with Crippen molar-refractivity contribution in [3.63, 3.8) is 0 Å². The van der Waals surface area contributed by atoms with E-state index in [0.717, 1.165) is 0 Å². The molecule has 4 saturated heterocycles. The quantitative estimate of drug-likeness (QED) is 0.0108. The number of guanidine groups is 1. The van der Waals surface area contributed by atoms with Crippen molar-refractivity contribution in [3.8, 4) is 0 Å². The number of aliphatic imine (C=N–C) groups is 1. The number of morpholine rings is 4. The molecule has 4 aliphatic heterocycles. The van der Waals surface area contributed by atoms with E-state index >= 15 is 13.7 Å². The Morgan fingerprint density at radius 2 is 0.930 bits per heavy atom. The van der Waals surface area contributed by atoms with Gasteiger partial charge in [-0.3, -0.25) is 65.7 Å².